The van der Waals surface area contributed by atoms with Crippen LogP contribution in [0.3, 0.4) is 0 Å². The van der Waals surface area contributed by atoms with E-state index in [0.29, 0.717) is 71.0 Å². The summed E-state index contributed by atoms with van der Waals surface area (Å²) < 4.78 is 0. The minimum Gasteiger partial charge on any atom is -0.480 e. The van der Waals surface area contributed by atoms with Gasteiger partial charge in [-0.15, -0.1) is 0 Å². The van der Waals surface area contributed by atoms with Gasteiger partial charge in [-0.25, -0.2) is 4.79 Å². The number of nitrogens with zero attached hydrogens (tertiary/aromatic N) is 3. The van der Waals surface area contributed by atoms with Crippen molar-refractivity contribution in [3.8, 4) is 0 Å². The highest BCUT2D eigenvalue weighted by atomic mass is 16.4. The van der Waals surface area contributed by atoms with Gasteiger partial charge in [0.2, 0.25) is 35.4 Å². The maximum Gasteiger partial charge on any atom is 0.326 e. The number of amides is 6. The molecule has 4 rings (SSSR count). The third kappa shape index (κ3) is 8.10. The average molecular weight is 634 g/mol. The van der Waals surface area contributed by atoms with Gasteiger partial charge < -0.3 is 41.1 Å². The Balaban J connectivity index is 1.31. The zero-order valence-corrected chi connectivity index (χ0v) is 26.2. The minimum atomic E-state index is -1.06. The lowest BCUT2D eigenvalue weighted by Crippen LogP contribution is -2.57. The second kappa shape index (κ2) is 15.5. The first kappa shape index (κ1) is 34.1. The fraction of sp³-hybridized carbons (Fsp3) is 0.767. The van der Waals surface area contributed by atoms with E-state index in [1.165, 1.54) is 14.7 Å². The number of aliphatic carboxylic acids is 1. The third-order valence-corrected chi connectivity index (χ3v) is 9.55. The van der Waals surface area contributed by atoms with Crippen molar-refractivity contribution in [2.24, 2.45) is 5.92 Å². The zero-order chi connectivity index (χ0) is 32.7. The van der Waals surface area contributed by atoms with Gasteiger partial charge in [0, 0.05) is 19.6 Å². The monoisotopic (exact) mass is 633 g/mol. The average Bonchev–Trinajstić information content (AvgIpc) is 3.86. The van der Waals surface area contributed by atoms with Crippen LogP contribution in [0.1, 0.15) is 71.6 Å². The molecule has 0 unspecified atom stereocenters. The third-order valence-electron chi connectivity index (χ3n) is 9.55. The molecule has 0 saturated carbocycles. The van der Waals surface area contributed by atoms with Crippen molar-refractivity contribution in [3.63, 3.8) is 0 Å². The van der Waals surface area contributed by atoms with Crippen LogP contribution >= 0.6 is 0 Å². The van der Waals surface area contributed by atoms with Crippen molar-refractivity contribution in [1.82, 2.24) is 36.0 Å². The summed E-state index contributed by atoms with van der Waals surface area (Å²) in [5, 5.41) is 20.6. The van der Waals surface area contributed by atoms with Crippen LogP contribution in [0.25, 0.3) is 0 Å². The topological polar surface area (TPSA) is 198 Å². The van der Waals surface area contributed by atoms with Crippen molar-refractivity contribution >= 4 is 41.4 Å². The molecule has 4 fully saturated rings. The van der Waals surface area contributed by atoms with Gasteiger partial charge >= 0.3 is 5.97 Å². The SMILES string of the molecule is CC[C@H](C)[C@H](NC(=O)[C@@H]1CCCN1C(=O)CNC(=O)[C@@H]1CCCN1)C(=O)NCC(=O)N1CCC[C@H]1C(=O)N1CCC[C@H]1C(=O)O. The predicted octanol–water partition coefficient (Wildman–Crippen LogP) is -1.44. The molecule has 0 aromatic heterocycles. The van der Waals surface area contributed by atoms with E-state index in [9.17, 15) is 38.7 Å². The Morgan fingerprint density at radius 3 is 1.93 bits per heavy atom. The van der Waals surface area contributed by atoms with Crippen LogP contribution in [0.5, 0.6) is 0 Å². The number of carboxylic acid groups (broad SMARTS) is 1. The Hall–Kier alpha value is -3.75. The normalized spacial score (nSPS) is 26.0. The van der Waals surface area contributed by atoms with E-state index >= 15 is 0 Å². The van der Waals surface area contributed by atoms with E-state index in [1.54, 1.807) is 6.92 Å². The summed E-state index contributed by atoms with van der Waals surface area (Å²) in [6.07, 6.45) is 5.17. The second-order valence-electron chi connectivity index (χ2n) is 12.5. The van der Waals surface area contributed by atoms with Gasteiger partial charge in [0.05, 0.1) is 19.1 Å². The Bertz CT molecular complexity index is 1160. The summed E-state index contributed by atoms with van der Waals surface area (Å²) >= 11 is 0. The molecule has 0 aromatic carbocycles. The number of carbonyl (C=O) groups excluding carboxylic acids is 6. The Kier molecular flexibility index (Phi) is 11.8. The summed E-state index contributed by atoms with van der Waals surface area (Å²) in [4.78, 5) is 94.0. The zero-order valence-electron chi connectivity index (χ0n) is 26.2. The molecular weight excluding hydrogens is 586 g/mol. The lowest BCUT2D eigenvalue weighted by Gasteiger charge is -2.31. The largest absolute Gasteiger partial charge is 0.480 e. The van der Waals surface area contributed by atoms with Gasteiger partial charge in [-0.05, 0) is 63.8 Å². The maximum atomic E-state index is 13.4. The second-order valence-corrected chi connectivity index (χ2v) is 12.5. The lowest BCUT2D eigenvalue weighted by molar-refractivity contribution is -0.151. The summed E-state index contributed by atoms with van der Waals surface area (Å²) in [6, 6.07) is -3.73. The van der Waals surface area contributed by atoms with Gasteiger partial charge in [0.1, 0.15) is 24.2 Å². The number of rotatable bonds is 12. The molecule has 0 aromatic rings. The van der Waals surface area contributed by atoms with Gasteiger partial charge in [-0.3, -0.25) is 28.8 Å². The Morgan fingerprint density at radius 2 is 1.33 bits per heavy atom. The molecule has 5 N–H and O–H groups in total. The maximum absolute atomic E-state index is 13.4. The van der Waals surface area contributed by atoms with Crippen LogP contribution in [0.2, 0.25) is 0 Å². The predicted molar refractivity (Wildman–Crippen MR) is 160 cm³/mol. The summed E-state index contributed by atoms with van der Waals surface area (Å²) in [7, 11) is 0. The van der Waals surface area contributed by atoms with Crippen LogP contribution in [0.15, 0.2) is 0 Å². The van der Waals surface area contributed by atoms with E-state index < -0.39 is 47.9 Å². The highest BCUT2D eigenvalue weighted by molar-refractivity contribution is 5.96. The molecular formula is C30H47N7O8. The standard InChI is InChI=1S/C30H47N7O8/c1-3-18(2)25(34-27(41)20-9-5-13-35(20)23(38)16-32-26(40)19-8-4-12-31-19)28(42)33-17-24(39)36-14-6-10-21(36)29(43)37-15-7-11-22(37)30(44)45/h18-22,25,31H,3-17H2,1-2H3,(H,32,40)(H,33,42)(H,34,41)(H,44,45)/t18-,19-,20-,21-,22-,25-/m0/s1. The highest BCUT2D eigenvalue weighted by Crippen LogP contribution is 2.25. The first-order valence-electron chi connectivity index (χ1n) is 16.2. The Morgan fingerprint density at radius 1 is 0.756 bits per heavy atom. The van der Waals surface area contributed by atoms with E-state index in [1.807, 2.05) is 6.92 Å². The van der Waals surface area contributed by atoms with Crippen molar-refractivity contribution in [2.75, 3.05) is 39.3 Å². The van der Waals surface area contributed by atoms with Gasteiger partial charge in [-0.1, -0.05) is 20.3 Å². The number of nitrogens with one attached hydrogen (secondary N) is 4. The van der Waals surface area contributed by atoms with Gasteiger partial charge in [0.25, 0.3) is 0 Å². The number of hydrogen-bond donors (Lipinski definition) is 5. The van der Waals surface area contributed by atoms with Crippen LogP contribution in [-0.4, -0.2) is 131 Å². The van der Waals surface area contributed by atoms with Crippen LogP contribution in [-0.2, 0) is 33.6 Å². The minimum absolute atomic E-state index is 0.215. The number of carbonyl (C=O) groups is 7. The van der Waals surface area contributed by atoms with Gasteiger partial charge in [-0.2, -0.15) is 0 Å². The molecule has 0 radical (unpaired) electrons. The smallest absolute Gasteiger partial charge is 0.326 e. The number of hydrogen-bond acceptors (Lipinski definition) is 8. The first-order chi connectivity index (χ1) is 21.5. The summed E-state index contributed by atoms with van der Waals surface area (Å²) in [5.41, 5.74) is 0. The molecule has 4 heterocycles. The molecule has 250 valence electrons. The van der Waals surface area contributed by atoms with E-state index in [4.69, 9.17) is 0 Å². The van der Waals surface area contributed by atoms with Crippen LogP contribution in [0.4, 0.5) is 0 Å². The highest BCUT2D eigenvalue weighted by Gasteiger charge is 2.42. The number of carboxylic acids is 1. The molecule has 0 spiro atoms. The van der Waals surface area contributed by atoms with E-state index in [0.717, 1.165) is 13.0 Å². The quantitative estimate of drug-likeness (QED) is 0.171. The van der Waals surface area contributed by atoms with Crippen molar-refractivity contribution in [1.29, 1.82) is 0 Å². The fourth-order valence-corrected chi connectivity index (χ4v) is 6.76. The van der Waals surface area contributed by atoms with Crippen LogP contribution in [0, 0.1) is 5.92 Å². The molecule has 4 aliphatic rings. The first-order valence-corrected chi connectivity index (χ1v) is 16.2. The Labute approximate surface area is 263 Å². The van der Waals surface area contributed by atoms with Crippen molar-refractivity contribution in [3.05, 3.63) is 0 Å². The van der Waals surface area contributed by atoms with Crippen LogP contribution < -0.4 is 21.3 Å². The molecule has 6 amide bonds. The molecule has 4 aliphatic heterocycles. The number of likely N-dealkylation sites (tertiary alicyclic amines) is 3. The van der Waals surface area contributed by atoms with E-state index in [2.05, 4.69) is 21.3 Å². The van der Waals surface area contributed by atoms with Gasteiger partial charge in [0.15, 0.2) is 0 Å². The summed E-state index contributed by atoms with van der Waals surface area (Å²) in [5.74, 6) is -3.81. The van der Waals surface area contributed by atoms with E-state index in [-0.39, 0.29) is 42.8 Å². The van der Waals surface area contributed by atoms with Crippen molar-refractivity contribution < 1.29 is 38.7 Å². The lowest BCUT2D eigenvalue weighted by atomic mass is 9.97. The molecule has 4 saturated heterocycles. The molecule has 45 heavy (non-hydrogen) atoms. The molecule has 15 heteroatoms. The molecule has 0 aliphatic carbocycles. The molecule has 15 nitrogen and oxygen atoms in total. The molecule has 6 atom stereocenters. The molecule has 0 bridgehead atoms. The summed E-state index contributed by atoms with van der Waals surface area (Å²) in [6.45, 7) is 4.86. The van der Waals surface area contributed by atoms with Crippen molar-refractivity contribution in [2.45, 2.75) is 102 Å². The fourth-order valence-electron chi connectivity index (χ4n) is 6.76.